The minimum Gasteiger partial charge on any atom is -0.490 e. The highest BCUT2D eigenvalue weighted by Crippen LogP contribution is 2.30. The van der Waals surface area contributed by atoms with Gasteiger partial charge < -0.3 is 20.1 Å². The maximum absolute atomic E-state index is 12.6. The van der Waals surface area contributed by atoms with E-state index in [1.807, 2.05) is 70.2 Å². The van der Waals surface area contributed by atoms with Crippen molar-refractivity contribution in [3.05, 3.63) is 88.5 Å². The smallest absolute Gasteiger partial charge is 0.266 e. The standard InChI is InChI=1S/C29H29N3O4/c1-5-35-27-16-22(15-23(17-30)29(34)31-24-10-6-8-19(2)14-24)12-13-26(27)36-18-28(33)32-25-11-7-9-20(3)21(25)4/h6-16H,5,18H2,1-4H3,(H,31,34)(H,32,33)/b23-15+. The van der Waals surface area contributed by atoms with Crippen LogP contribution in [0.25, 0.3) is 6.08 Å². The first-order chi connectivity index (χ1) is 17.3. The van der Waals surface area contributed by atoms with Gasteiger partial charge in [0.2, 0.25) is 0 Å². The van der Waals surface area contributed by atoms with Crippen molar-refractivity contribution >= 4 is 29.3 Å². The lowest BCUT2D eigenvalue weighted by molar-refractivity contribution is -0.118. The summed E-state index contributed by atoms with van der Waals surface area (Å²) in [5.41, 5.74) is 4.95. The molecule has 36 heavy (non-hydrogen) atoms. The van der Waals surface area contributed by atoms with Crippen molar-refractivity contribution < 1.29 is 19.1 Å². The molecule has 0 atom stereocenters. The molecule has 0 aromatic heterocycles. The van der Waals surface area contributed by atoms with Crippen molar-refractivity contribution in [2.45, 2.75) is 27.7 Å². The van der Waals surface area contributed by atoms with Crippen LogP contribution < -0.4 is 20.1 Å². The van der Waals surface area contributed by atoms with Crippen molar-refractivity contribution in [3.63, 3.8) is 0 Å². The van der Waals surface area contributed by atoms with Crippen molar-refractivity contribution in [1.29, 1.82) is 5.26 Å². The van der Waals surface area contributed by atoms with Gasteiger partial charge in [0.15, 0.2) is 18.1 Å². The number of nitriles is 1. The second kappa shape index (κ2) is 12.2. The van der Waals surface area contributed by atoms with E-state index in [4.69, 9.17) is 9.47 Å². The summed E-state index contributed by atoms with van der Waals surface area (Å²) in [5, 5.41) is 15.1. The Morgan fingerprint density at radius 1 is 0.944 bits per heavy atom. The van der Waals surface area contributed by atoms with Gasteiger partial charge in [-0.25, -0.2) is 0 Å². The summed E-state index contributed by atoms with van der Waals surface area (Å²) in [6.07, 6.45) is 1.48. The molecule has 7 heteroatoms. The van der Waals surface area contributed by atoms with Crippen LogP contribution in [0.3, 0.4) is 0 Å². The Kier molecular flexibility index (Phi) is 8.84. The van der Waals surface area contributed by atoms with Crippen LogP contribution in [0.4, 0.5) is 11.4 Å². The lowest BCUT2D eigenvalue weighted by Gasteiger charge is -2.14. The molecule has 0 aliphatic rings. The minimum absolute atomic E-state index is 0.0551. The lowest BCUT2D eigenvalue weighted by atomic mass is 10.1. The third-order valence-electron chi connectivity index (χ3n) is 5.46. The van der Waals surface area contributed by atoms with Gasteiger partial charge >= 0.3 is 0 Å². The van der Waals surface area contributed by atoms with Gasteiger partial charge in [-0.05, 0) is 86.4 Å². The van der Waals surface area contributed by atoms with Gasteiger partial charge in [-0.3, -0.25) is 9.59 Å². The van der Waals surface area contributed by atoms with Gasteiger partial charge in [0.25, 0.3) is 11.8 Å². The van der Waals surface area contributed by atoms with Crippen molar-refractivity contribution in [2.75, 3.05) is 23.8 Å². The number of aryl methyl sites for hydroxylation is 2. The molecule has 0 unspecified atom stereocenters. The van der Waals surface area contributed by atoms with Gasteiger partial charge in [-0.2, -0.15) is 5.26 Å². The fourth-order valence-electron chi connectivity index (χ4n) is 3.45. The summed E-state index contributed by atoms with van der Waals surface area (Å²) < 4.78 is 11.4. The Bertz CT molecular complexity index is 1340. The monoisotopic (exact) mass is 483 g/mol. The molecule has 3 rings (SSSR count). The van der Waals surface area contributed by atoms with E-state index in [2.05, 4.69) is 10.6 Å². The number of anilines is 2. The molecule has 0 aliphatic carbocycles. The van der Waals surface area contributed by atoms with Gasteiger partial charge in [0, 0.05) is 11.4 Å². The first-order valence-corrected chi connectivity index (χ1v) is 11.6. The topological polar surface area (TPSA) is 100 Å². The number of hydrogen-bond acceptors (Lipinski definition) is 5. The van der Waals surface area contributed by atoms with Gasteiger partial charge in [-0.15, -0.1) is 0 Å². The molecule has 3 aromatic carbocycles. The highest BCUT2D eigenvalue weighted by atomic mass is 16.5. The number of rotatable bonds is 9. The molecule has 0 aliphatic heterocycles. The van der Waals surface area contributed by atoms with Crippen LogP contribution >= 0.6 is 0 Å². The third-order valence-corrected chi connectivity index (χ3v) is 5.46. The van der Waals surface area contributed by atoms with Gasteiger partial charge in [0.1, 0.15) is 11.6 Å². The molecule has 0 spiro atoms. The van der Waals surface area contributed by atoms with Crippen LogP contribution in [0.1, 0.15) is 29.2 Å². The number of ether oxygens (including phenoxy) is 2. The SMILES string of the molecule is CCOc1cc(/C=C(\C#N)C(=O)Nc2cccc(C)c2)ccc1OCC(=O)Nc1cccc(C)c1C. The van der Waals surface area contributed by atoms with Crippen LogP contribution in [-0.4, -0.2) is 25.0 Å². The molecule has 0 saturated carbocycles. The summed E-state index contributed by atoms with van der Waals surface area (Å²) in [7, 11) is 0. The maximum atomic E-state index is 12.6. The average Bonchev–Trinajstić information content (AvgIpc) is 2.85. The Balaban J connectivity index is 1.72. The van der Waals surface area contributed by atoms with E-state index in [1.165, 1.54) is 6.08 Å². The summed E-state index contributed by atoms with van der Waals surface area (Å²) >= 11 is 0. The second-order valence-corrected chi connectivity index (χ2v) is 8.22. The Morgan fingerprint density at radius 3 is 2.44 bits per heavy atom. The van der Waals surface area contributed by atoms with Crippen LogP contribution in [0.2, 0.25) is 0 Å². The van der Waals surface area contributed by atoms with E-state index in [0.717, 1.165) is 22.4 Å². The number of carbonyl (C=O) groups is 2. The largest absolute Gasteiger partial charge is 0.490 e. The third kappa shape index (κ3) is 6.97. The number of nitrogens with one attached hydrogen (secondary N) is 2. The molecule has 0 heterocycles. The van der Waals surface area contributed by atoms with Crippen LogP contribution in [0.5, 0.6) is 11.5 Å². The zero-order valence-corrected chi connectivity index (χ0v) is 20.8. The predicted molar refractivity (Wildman–Crippen MR) is 141 cm³/mol. The predicted octanol–water partition coefficient (Wildman–Crippen LogP) is 5.57. The molecule has 0 fully saturated rings. The number of carbonyl (C=O) groups excluding carboxylic acids is 2. The fourth-order valence-corrected chi connectivity index (χ4v) is 3.45. The number of hydrogen-bond donors (Lipinski definition) is 2. The highest BCUT2D eigenvalue weighted by molar-refractivity contribution is 6.09. The molecule has 0 radical (unpaired) electrons. The van der Waals surface area contributed by atoms with E-state index < -0.39 is 5.91 Å². The molecule has 0 saturated heterocycles. The lowest BCUT2D eigenvalue weighted by Crippen LogP contribution is -2.21. The summed E-state index contributed by atoms with van der Waals surface area (Å²) in [4.78, 5) is 25.1. The highest BCUT2D eigenvalue weighted by Gasteiger charge is 2.13. The van der Waals surface area contributed by atoms with Crippen molar-refractivity contribution in [3.8, 4) is 17.6 Å². The number of amides is 2. The molecule has 0 bridgehead atoms. The van der Waals surface area contributed by atoms with Gasteiger partial charge in [0.05, 0.1) is 6.61 Å². The second-order valence-electron chi connectivity index (χ2n) is 8.22. The number of nitrogens with zero attached hydrogens (tertiary/aromatic N) is 1. The van der Waals surface area contributed by atoms with Crippen LogP contribution in [0, 0.1) is 32.1 Å². The van der Waals surface area contributed by atoms with E-state index in [9.17, 15) is 14.9 Å². The molecule has 7 nitrogen and oxygen atoms in total. The van der Waals surface area contributed by atoms with Crippen LogP contribution in [0.15, 0.2) is 66.2 Å². The van der Waals surface area contributed by atoms with Gasteiger partial charge in [-0.1, -0.05) is 30.3 Å². The maximum Gasteiger partial charge on any atom is 0.266 e. The minimum atomic E-state index is -0.510. The molecular formula is C29H29N3O4. The van der Waals surface area contributed by atoms with Crippen molar-refractivity contribution in [1.82, 2.24) is 0 Å². The Hall–Kier alpha value is -4.57. The van der Waals surface area contributed by atoms with E-state index >= 15 is 0 Å². The molecule has 2 N–H and O–H groups in total. The summed E-state index contributed by atoms with van der Waals surface area (Å²) in [5.74, 6) is -0.0193. The molecular weight excluding hydrogens is 454 g/mol. The van der Waals surface area contributed by atoms with E-state index in [0.29, 0.717) is 29.4 Å². The quantitative estimate of drug-likeness (QED) is 0.306. The van der Waals surface area contributed by atoms with E-state index in [1.54, 1.807) is 24.3 Å². The summed E-state index contributed by atoms with van der Waals surface area (Å²) in [6.45, 7) is 7.85. The number of benzene rings is 3. The van der Waals surface area contributed by atoms with Crippen LogP contribution in [-0.2, 0) is 9.59 Å². The normalized spacial score (nSPS) is 10.8. The Morgan fingerprint density at radius 2 is 1.72 bits per heavy atom. The molecule has 2 amide bonds. The first kappa shape index (κ1) is 26.0. The van der Waals surface area contributed by atoms with E-state index in [-0.39, 0.29) is 18.1 Å². The average molecular weight is 484 g/mol. The zero-order valence-electron chi connectivity index (χ0n) is 20.8. The zero-order chi connectivity index (χ0) is 26.1. The molecule has 184 valence electrons. The Labute approximate surface area is 211 Å². The first-order valence-electron chi connectivity index (χ1n) is 11.6. The summed E-state index contributed by atoms with van der Waals surface area (Å²) in [6, 6.07) is 20.0. The molecule has 3 aromatic rings. The fraction of sp³-hybridized carbons (Fsp3) is 0.207. The van der Waals surface area contributed by atoms with Crippen molar-refractivity contribution in [2.24, 2.45) is 0 Å².